The fourth-order valence-corrected chi connectivity index (χ4v) is 2.18. The van der Waals surface area contributed by atoms with Crippen LogP contribution in [0.1, 0.15) is 6.92 Å². The molecular formula is C16H17NO2. The van der Waals surface area contributed by atoms with E-state index in [1.165, 1.54) is 0 Å². The molecular weight excluding hydrogens is 238 g/mol. The van der Waals surface area contributed by atoms with E-state index in [-0.39, 0.29) is 0 Å². The summed E-state index contributed by atoms with van der Waals surface area (Å²) < 4.78 is 11.5. The fraction of sp³-hybridized carbons (Fsp3) is 0.250. The van der Waals surface area contributed by atoms with Crippen LogP contribution in [-0.4, -0.2) is 13.2 Å². The highest BCUT2D eigenvalue weighted by atomic mass is 16.5. The second-order valence-corrected chi connectivity index (χ2v) is 4.98. The second kappa shape index (κ2) is 4.84. The largest absolute Gasteiger partial charge is 0.489 e. The summed E-state index contributed by atoms with van der Waals surface area (Å²) in [5.41, 5.74) is 8.85. The average Bonchev–Trinajstić information content (AvgIpc) is 2.61. The predicted molar refractivity (Wildman–Crippen MR) is 76.4 cm³/mol. The van der Waals surface area contributed by atoms with E-state index in [4.69, 9.17) is 15.2 Å². The summed E-state index contributed by atoms with van der Waals surface area (Å²) in [4.78, 5) is 0. The maximum Gasteiger partial charge on any atom is 0.161 e. The Hall–Kier alpha value is -2.16. The minimum Gasteiger partial charge on any atom is -0.489 e. The van der Waals surface area contributed by atoms with Gasteiger partial charge in [0.1, 0.15) is 0 Å². The van der Waals surface area contributed by atoms with Gasteiger partial charge in [-0.15, -0.1) is 0 Å². The molecule has 0 radical (unpaired) electrons. The number of para-hydroxylation sites is 1. The van der Waals surface area contributed by atoms with Gasteiger partial charge in [-0.25, -0.2) is 0 Å². The van der Waals surface area contributed by atoms with E-state index in [1.54, 1.807) is 0 Å². The number of ether oxygens (including phenoxy) is 2. The summed E-state index contributed by atoms with van der Waals surface area (Å²) in [5, 5.41) is 0. The Morgan fingerprint density at radius 3 is 2.53 bits per heavy atom. The number of anilines is 1. The highest BCUT2D eigenvalue weighted by Crippen LogP contribution is 2.36. The van der Waals surface area contributed by atoms with Crippen LogP contribution >= 0.6 is 0 Å². The van der Waals surface area contributed by atoms with Crippen LogP contribution in [-0.2, 0) is 0 Å². The van der Waals surface area contributed by atoms with Gasteiger partial charge in [-0.05, 0) is 23.8 Å². The van der Waals surface area contributed by atoms with Gasteiger partial charge in [0.2, 0.25) is 0 Å². The van der Waals surface area contributed by atoms with Crippen molar-refractivity contribution in [1.29, 1.82) is 0 Å². The summed E-state index contributed by atoms with van der Waals surface area (Å²) in [6, 6.07) is 13.8. The minimum absolute atomic E-state index is 0.401. The summed E-state index contributed by atoms with van der Waals surface area (Å²) >= 11 is 0. The zero-order valence-corrected chi connectivity index (χ0v) is 10.9. The average molecular weight is 255 g/mol. The molecule has 19 heavy (non-hydrogen) atoms. The Balaban J connectivity index is 2.00. The van der Waals surface area contributed by atoms with Crippen molar-refractivity contribution in [1.82, 2.24) is 0 Å². The third kappa shape index (κ3) is 2.36. The molecule has 0 fully saturated rings. The van der Waals surface area contributed by atoms with Crippen molar-refractivity contribution in [3.63, 3.8) is 0 Å². The third-order valence-electron chi connectivity index (χ3n) is 3.26. The Labute approximate surface area is 113 Å². The molecule has 1 aliphatic rings. The number of nitrogen functional groups attached to an aromatic ring is 1. The zero-order chi connectivity index (χ0) is 13.2. The van der Waals surface area contributed by atoms with Crippen molar-refractivity contribution in [3.8, 4) is 22.6 Å². The Kier molecular flexibility index (Phi) is 3.03. The van der Waals surface area contributed by atoms with Crippen molar-refractivity contribution >= 4 is 5.69 Å². The number of fused-ring (bicyclic) bond motifs is 1. The predicted octanol–water partition coefficient (Wildman–Crippen LogP) is 3.34. The lowest BCUT2D eigenvalue weighted by Gasteiger charge is -2.10. The van der Waals surface area contributed by atoms with Gasteiger partial charge in [0.25, 0.3) is 0 Å². The number of hydrogen-bond donors (Lipinski definition) is 1. The molecule has 3 heteroatoms. The highest BCUT2D eigenvalue weighted by Gasteiger charge is 2.15. The molecule has 0 bridgehead atoms. The van der Waals surface area contributed by atoms with Gasteiger partial charge in [0, 0.05) is 17.2 Å². The van der Waals surface area contributed by atoms with Crippen molar-refractivity contribution in [2.75, 3.05) is 18.9 Å². The van der Waals surface area contributed by atoms with Crippen molar-refractivity contribution in [2.24, 2.45) is 5.92 Å². The Morgan fingerprint density at radius 1 is 1.00 bits per heavy atom. The van der Waals surface area contributed by atoms with Crippen molar-refractivity contribution < 1.29 is 9.47 Å². The molecule has 98 valence electrons. The topological polar surface area (TPSA) is 44.5 Å². The van der Waals surface area contributed by atoms with E-state index in [0.29, 0.717) is 19.1 Å². The van der Waals surface area contributed by atoms with Crippen LogP contribution in [0.4, 0.5) is 5.69 Å². The standard InChI is InChI=1S/C16H17NO2/c1-11-9-18-15-7-6-12(8-16(15)19-10-11)13-4-2-3-5-14(13)17/h2-8,11H,9-10,17H2,1H3. The molecule has 2 aromatic rings. The molecule has 0 amide bonds. The normalized spacial score (nSPS) is 17.8. The number of benzene rings is 2. The van der Waals surface area contributed by atoms with Gasteiger partial charge in [-0.3, -0.25) is 0 Å². The van der Waals surface area contributed by atoms with E-state index < -0.39 is 0 Å². The van der Waals surface area contributed by atoms with Gasteiger partial charge in [0.15, 0.2) is 11.5 Å². The van der Waals surface area contributed by atoms with Crippen molar-refractivity contribution in [3.05, 3.63) is 42.5 Å². The summed E-state index contributed by atoms with van der Waals surface area (Å²) in [6.45, 7) is 3.49. The first kappa shape index (κ1) is 11.9. The van der Waals surface area contributed by atoms with Crippen LogP contribution < -0.4 is 15.2 Å². The molecule has 1 aliphatic heterocycles. The first-order valence-corrected chi connectivity index (χ1v) is 6.48. The van der Waals surface area contributed by atoms with Gasteiger partial charge in [0.05, 0.1) is 13.2 Å². The number of hydrogen-bond acceptors (Lipinski definition) is 3. The van der Waals surface area contributed by atoms with Gasteiger partial charge >= 0.3 is 0 Å². The third-order valence-corrected chi connectivity index (χ3v) is 3.26. The van der Waals surface area contributed by atoms with Crippen molar-refractivity contribution in [2.45, 2.75) is 6.92 Å². The zero-order valence-electron chi connectivity index (χ0n) is 10.9. The van der Waals surface area contributed by atoms with E-state index in [2.05, 4.69) is 6.92 Å². The van der Waals surface area contributed by atoms with Gasteiger partial charge < -0.3 is 15.2 Å². The number of rotatable bonds is 1. The van der Waals surface area contributed by atoms with Crippen LogP contribution in [0.3, 0.4) is 0 Å². The monoisotopic (exact) mass is 255 g/mol. The van der Waals surface area contributed by atoms with Gasteiger partial charge in [-0.1, -0.05) is 31.2 Å². The summed E-state index contributed by atoms with van der Waals surface area (Å²) in [5.74, 6) is 2.00. The van der Waals surface area contributed by atoms with Crippen LogP contribution in [0.5, 0.6) is 11.5 Å². The SMILES string of the molecule is CC1COc2ccc(-c3ccccc3N)cc2OC1. The maximum atomic E-state index is 6.01. The van der Waals surface area contributed by atoms with E-state index in [0.717, 1.165) is 28.3 Å². The molecule has 1 unspecified atom stereocenters. The Bertz CT molecular complexity index is 595. The first-order valence-electron chi connectivity index (χ1n) is 6.48. The molecule has 0 spiro atoms. The van der Waals surface area contributed by atoms with Crippen LogP contribution in [0.15, 0.2) is 42.5 Å². The van der Waals surface area contributed by atoms with E-state index in [9.17, 15) is 0 Å². The second-order valence-electron chi connectivity index (χ2n) is 4.98. The number of nitrogens with two attached hydrogens (primary N) is 1. The van der Waals surface area contributed by atoms with Crippen LogP contribution in [0, 0.1) is 5.92 Å². The molecule has 0 saturated carbocycles. The van der Waals surface area contributed by atoms with E-state index >= 15 is 0 Å². The molecule has 3 rings (SSSR count). The Morgan fingerprint density at radius 2 is 1.74 bits per heavy atom. The molecule has 1 heterocycles. The quantitative estimate of drug-likeness (QED) is 0.795. The smallest absolute Gasteiger partial charge is 0.161 e. The fourth-order valence-electron chi connectivity index (χ4n) is 2.18. The molecule has 3 nitrogen and oxygen atoms in total. The molecule has 2 N–H and O–H groups in total. The summed E-state index contributed by atoms with van der Waals surface area (Å²) in [7, 11) is 0. The minimum atomic E-state index is 0.401. The molecule has 1 atom stereocenters. The molecule has 0 saturated heterocycles. The van der Waals surface area contributed by atoms with E-state index in [1.807, 2.05) is 42.5 Å². The molecule has 0 aliphatic carbocycles. The summed E-state index contributed by atoms with van der Waals surface area (Å²) in [6.07, 6.45) is 0. The maximum absolute atomic E-state index is 6.01. The lowest BCUT2D eigenvalue weighted by atomic mass is 10.0. The molecule has 2 aromatic carbocycles. The lowest BCUT2D eigenvalue weighted by molar-refractivity contribution is 0.228. The van der Waals surface area contributed by atoms with Crippen LogP contribution in [0.2, 0.25) is 0 Å². The molecule has 0 aromatic heterocycles. The lowest BCUT2D eigenvalue weighted by Crippen LogP contribution is -2.12. The first-order chi connectivity index (χ1) is 9.24. The van der Waals surface area contributed by atoms with Crippen LogP contribution in [0.25, 0.3) is 11.1 Å². The van der Waals surface area contributed by atoms with Gasteiger partial charge in [-0.2, -0.15) is 0 Å². The highest BCUT2D eigenvalue weighted by molar-refractivity contribution is 5.77.